The molecule has 0 spiro atoms. The Balaban J connectivity index is 1.35. The molecule has 6 heteroatoms. The van der Waals surface area contributed by atoms with Crippen molar-refractivity contribution in [2.75, 3.05) is 6.61 Å². The minimum absolute atomic E-state index is 0.00140. The van der Waals surface area contributed by atoms with Crippen molar-refractivity contribution in [2.45, 2.75) is 83.2 Å². The molecule has 2 aliphatic carbocycles. The lowest BCUT2D eigenvalue weighted by Crippen LogP contribution is -2.25. The second kappa shape index (κ2) is 10.8. The molecule has 2 fully saturated rings. The van der Waals surface area contributed by atoms with Gasteiger partial charge in [0, 0.05) is 0 Å². The molecule has 3 nitrogen and oxygen atoms in total. The van der Waals surface area contributed by atoms with Gasteiger partial charge in [0.25, 0.3) is 0 Å². The fraction of sp³-hybridized carbons (Fsp3) is 0.536. The molecule has 2 aromatic carbocycles. The molecule has 2 aromatic rings. The third-order valence-corrected chi connectivity index (χ3v) is 7.46. The van der Waals surface area contributed by atoms with Crippen LogP contribution >= 0.6 is 0 Å². The van der Waals surface area contributed by atoms with Crippen LogP contribution in [-0.2, 0) is 4.74 Å². The zero-order valence-electron chi connectivity index (χ0n) is 19.9. The van der Waals surface area contributed by atoms with Crippen molar-refractivity contribution in [3.63, 3.8) is 0 Å². The average molecular weight is 475 g/mol. The van der Waals surface area contributed by atoms with Crippen LogP contribution in [0.1, 0.15) is 98.5 Å². The zero-order valence-corrected chi connectivity index (χ0v) is 19.9. The summed E-state index contributed by atoms with van der Waals surface area (Å²) in [4.78, 5) is 12.6. The van der Waals surface area contributed by atoms with Crippen LogP contribution in [0.5, 0.6) is 5.75 Å². The predicted molar refractivity (Wildman–Crippen MR) is 125 cm³/mol. The molecule has 184 valence electrons. The summed E-state index contributed by atoms with van der Waals surface area (Å²) in [7, 11) is 0. The lowest BCUT2D eigenvalue weighted by Gasteiger charge is -2.29. The second-order valence-electron chi connectivity index (χ2n) is 9.79. The fourth-order valence-corrected chi connectivity index (χ4v) is 5.38. The average Bonchev–Trinajstić information content (AvgIpc) is 2.83. The summed E-state index contributed by atoms with van der Waals surface area (Å²) in [5.41, 5.74) is 0.914. The summed E-state index contributed by atoms with van der Waals surface area (Å²) >= 11 is 0. The van der Waals surface area contributed by atoms with E-state index in [1.807, 2.05) is 13.0 Å². The third-order valence-electron chi connectivity index (χ3n) is 7.46. The van der Waals surface area contributed by atoms with Crippen molar-refractivity contribution >= 4 is 5.97 Å². The van der Waals surface area contributed by atoms with Crippen molar-refractivity contribution < 1.29 is 27.4 Å². The van der Waals surface area contributed by atoms with Crippen molar-refractivity contribution in [2.24, 2.45) is 5.92 Å². The Morgan fingerprint density at radius 1 is 0.882 bits per heavy atom. The summed E-state index contributed by atoms with van der Waals surface area (Å²) in [6.07, 6.45) is 5.94. The highest BCUT2D eigenvalue weighted by Gasteiger charge is 2.29. The van der Waals surface area contributed by atoms with Gasteiger partial charge in [0.1, 0.15) is 6.10 Å². The van der Waals surface area contributed by atoms with Crippen LogP contribution in [0.4, 0.5) is 13.2 Å². The molecule has 0 heterocycles. The molecule has 2 saturated carbocycles. The van der Waals surface area contributed by atoms with Crippen LogP contribution in [0.2, 0.25) is 0 Å². The molecule has 34 heavy (non-hydrogen) atoms. The largest absolute Gasteiger partial charge is 0.491 e. The molecule has 0 bridgehead atoms. The lowest BCUT2D eigenvalue weighted by atomic mass is 9.79. The third kappa shape index (κ3) is 5.42. The number of hydrogen-bond acceptors (Lipinski definition) is 3. The predicted octanol–water partition coefficient (Wildman–Crippen LogP) is 7.68. The maximum absolute atomic E-state index is 14.8. The Bertz CT molecular complexity index is 1010. The van der Waals surface area contributed by atoms with E-state index in [9.17, 15) is 18.0 Å². The van der Waals surface area contributed by atoms with E-state index in [1.165, 1.54) is 12.1 Å². The molecule has 4 rings (SSSR count). The van der Waals surface area contributed by atoms with E-state index in [2.05, 4.69) is 6.92 Å². The van der Waals surface area contributed by atoms with Gasteiger partial charge in [-0.25, -0.2) is 18.0 Å². The molecule has 0 atom stereocenters. The molecule has 0 amide bonds. The molecule has 0 N–H and O–H groups in total. The summed E-state index contributed by atoms with van der Waals surface area (Å²) < 4.78 is 54.6. The van der Waals surface area contributed by atoms with Crippen molar-refractivity contribution in [3.05, 3.63) is 64.5 Å². The first kappa shape index (κ1) is 24.6. The first-order chi connectivity index (χ1) is 16.4. The molecule has 0 radical (unpaired) electrons. The van der Waals surface area contributed by atoms with Crippen LogP contribution in [0, 0.1) is 23.4 Å². The fourth-order valence-electron chi connectivity index (χ4n) is 5.38. The summed E-state index contributed by atoms with van der Waals surface area (Å²) in [6, 6.07) is 7.94. The molecule has 0 unspecified atom stereocenters. The van der Waals surface area contributed by atoms with Gasteiger partial charge < -0.3 is 9.47 Å². The van der Waals surface area contributed by atoms with Crippen LogP contribution in [0.15, 0.2) is 30.3 Å². The van der Waals surface area contributed by atoms with Crippen molar-refractivity contribution in [1.82, 2.24) is 0 Å². The SMILES string of the molecule is CCOc1ccc(C2CCC(OC(=O)c3ccc(C4CCC(C)CC4)c(F)c3F)CC2)cc1F. The van der Waals surface area contributed by atoms with Crippen LogP contribution in [-0.4, -0.2) is 18.7 Å². The van der Waals surface area contributed by atoms with Gasteiger partial charge in [0.2, 0.25) is 0 Å². The molecular weight excluding hydrogens is 441 g/mol. The molecule has 2 aliphatic rings. The number of halogens is 3. The topological polar surface area (TPSA) is 35.5 Å². The zero-order chi connectivity index (χ0) is 24.2. The number of carbonyl (C=O) groups excluding carboxylic acids is 1. The highest BCUT2D eigenvalue weighted by atomic mass is 19.2. The molecule has 0 aromatic heterocycles. The van der Waals surface area contributed by atoms with E-state index in [0.29, 0.717) is 30.9 Å². The Labute approximate surface area is 199 Å². The summed E-state index contributed by atoms with van der Waals surface area (Å²) in [6.45, 7) is 4.39. The first-order valence-corrected chi connectivity index (χ1v) is 12.5. The normalized spacial score (nSPS) is 25.1. The Hall–Kier alpha value is -2.50. The Morgan fingerprint density at radius 3 is 2.21 bits per heavy atom. The molecule has 0 saturated heterocycles. The van der Waals surface area contributed by atoms with Crippen molar-refractivity contribution in [1.29, 1.82) is 0 Å². The van der Waals surface area contributed by atoms with E-state index in [-0.39, 0.29) is 35.1 Å². The minimum atomic E-state index is -1.11. The van der Waals surface area contributed by atoms with Gasteiger partial charge >= 0.3 is 5.97 Å². The maximum atomic E-state index is 14.8. The van der Waals surface area contributed by atoms with E-state index in [4.69, 9.17) is 9.47 Å². The second-order valence-corrected chi connectivity index (χ2v) is 9.79. The summed E-state index contributed by atoms with van der Waals surface area (Å²) in [5.74, 6) is -2.22. The lowest BCUT2D eigenvalue weighted by molar-refractivity contribution is 0.0189. The number of ether oxygens (including phenoxy) is 2. The molecular formula is C28H33F3O3. The van der Waals surface area contributed by atoms with E-state index >= 15 is 0 Å². The highest BCUT2D eigenvalue weighted by molar-refractivity contribution is 5.90. The highest BCUT2D eigenvalue weighted by Crippen LogP contribution is 2.38. The quantitative estimate of drug-likeness (QED) is 0.403. The van der Waals surface area contributed by atoms with Gasteiger partial charge in [-0.05, 0) is 92.5 Å². The van der Waals surface area contributed by atoms with Gasteiger partial charge in [0.15, 0.2) is 23.2 Å². The van der Waals surface area contributed by atoms with Gasteiger partial charge in [-0.1, -0.05) is 31.9 Å². The Morgan fingerprint density at radius 2 is 1.56 bits per heavy atom. The van der Waals surface area contributed by atoms with Gasteiger partial charge in [-0.3, -0.25) is 0 Å². The number of hydrogen-bond donors (Lipinski definition) is 0. The van der Waals surface area contributed by atoms with Crippen LogP contribution < -0.4 is 4.74 Å². The monoisotopic (exact) mass is 474 g/mol. The van der Waals surface area contributed by atoms with Crippen LogP contribution in [0.3, 0.4) is 0 Å². The first-order valence-electron chi connectivity index (χ1n) is 12.5. The van der Waals surface area contributed by atoms with Crippen molar-refractivity contribution in [3.8, 4) is 5.75 Å². The maximum Gasteiger partial charge on any atom is 0.341 e. The number of rotatable bonds is 6. The van der Waals surface area contributed by atoms with Gasteiger partial charge in [-0.2, -0.15) is 0 Å². The number of carbonyl (C=O) groups is 1. The van der Waals surface area contributed by atoms with Gasteiger partial charge in [-0.15, -0.1) is 0 Å². The van der Waals surface area contributed by atoms with E-state index in [1.54, 1.807) is 12.1 Å². The van der Waals surface area contributed by atoms with E-state index < -0.39 is 17.6 Å². The van der Waals surface area contributed by atoms with E-state index in [0.717, 1.165) is 44.1 Å². The van der Waals surface area contributed by atoms with Gasteiger partial charge in [0.05, 0.1) is 12.2 Å². The van der Waals surface area contributed by atoms with Crippen LogP contribution in [0.25, 0.3) is 0 Å². The number of benzene rings is 2. The summed E-state index contributed by atoms with van der Waals surface area (Å²) in [5, 5.41) is 0. The number of esters is 1. The Kier molecular flexibility index (Phi) is 7.84. The smallest absolute Gasteiger partial charge is 0.341 e. The molecule has 0 aliphatic heterocycles. The standard InChI is InChI=1S/C28H33F3O3/c1-3-33-25-15-10-20(16-24(25)29)18-8-11-21(12-9-18)34-28(32)23-14-13-22(26(30)27(23)31)19-6-4-17(2)5-7-19/h10,13-19,21H,3-9,11-12H2,1-2H3. The minimum Gasteiger partial charge on any atom is -0.491 e.